The maximum Gasteiger partial charge on any atom is 0.279 e. The van der Waals surface area contributed by atoms with Gasteiger partial charge in [0, 0.05) is 18.2 Å². The van der Waals surface area contributed by atoms with Gasteiger partial charge in [0.25, 0.3) is 11.4 Å². The van der Waals surface area contributed by atoms with Crippen LogP contribution in [0.2, 0.25) is 0 Å². The summed E-state index contributed by atoms with van der Waals surface area (Å²) in [6.45, 7) is 0.352. The van der Waals surface area contributed by atoms with E-state index in [-0.39, 0.29) is 25.3 Å². The molecule has 1 aliphatic heterocycles. The highest BCUT2D eigenvalue weighted by molar-refractivity contribution is 5.80. The van der Waals surface area contributed by atoms with Crippen LogP contribution in [-0.4, -0.2) is 22.5 Å². The van der Waals surface area contributed by atoms with Crippen molar-refractivity contribution >= 4 is 17.3 Å². The lowest BCUT2D eigenvalue weighted by atomic mass is 10.1. The number of fused-ring (bicyclic) bond motifs is 1. The van der Waals surface area contributed by atoms with Gasteiger partial charge in [-0.15, -0.1) is 0 Å². The Hall–Kier alpha value is -3.69. The van der Waals surface area contributed by atoms with Gasteiger partial charge >= 0.3 is 0 Å². The molecule has 3 rings (SSSR count). The molecule has 0 aliphatic carbocycles. The van der Waals surface area contributed by atoms with Crippen LogP contribution in [0.5, 0.6) is 11.5 Å². The number of nitrogens with zero attached hydrogens (tertiary/aromatic N) is 2. The van der Waals surface area contributed by atoms with Gasteiger partial charge in [-0.05, 0) is 23.8 Å². The molecule has 0 aromatic heterocycles. The number of non-ortho nitro benzene ring substituents is 1. The summed E-state index contributed by atoms with van der Waals surface area (Å²) in [7, 11) is 0. The molecule has 0 saturated carbocycles. The van der Waals surface area contributed by atoms with Crippen molar-refractivity contribution in [1.82, 2.24) is 5.32 Å². The van der Waals surface area contributed by atoms with Gasteiger partial charge in [0.05, 0.1) is 22.3 Å². The molecule has 0 bridgehead atoms. The minimum Gasteiger partial charge on any atom is -0.454 e. The Morgan fingerprint density at radius 2 is 1.81 bits per heavy atom. The molecule has 0 saturated heterocycles. The molecule has 0 radical (unpaired) electrons. The summed E-state index contributed by atoms with van der Waals surface area (Å²) in [5, 5.41) is 24.5. The van der Waals surface area contributed by atoms with Crippen LogP contribution in [0.1, 0.15) is 11.1 Å². The summed E-state index contributed by atoms with van der Waals surface area (Å²) in [6.07, 6.45) is -0.265. The fraction of sp³-hybridized carbons (Fsp3) is 0.188. The Morgan fingerprint density at radius 1 is 1.04 bits per heavy atom. The van der Waals surface area contributed by atoms with Crippen molar-refractivity contribution < 1.29 is 24.1 Å². The van der Waals surface area contributed by atoms with E-state index in [1.165, 1.54) is 6.07 Å². The molecule has 134 valence electrons. The highest BCUT2D eigenvalue weighted by Crippen LogP contribution is 2.32. The van der Waals surface area contributed by atoms with Crippen LogP contribution in [0.15, 0.2) is 36.4 Å². The van der Waals surface area contributed by atoms with E-state index in [2.05, 4.69) is 5.32 Å². The zero-order valence-corrected chi connectivity index (χ0v) is 13.3. The second-order valence-electron chi connectivity index (χ2n) is 5.47. The van der Waals surface area contributed by atoms with Crippen molar-refractivity contribution in [2.75, 3.05) is 6.79 Å². The molecular formula is C16H13N3O7. The maximum atomic E-state index is 12.1. The number of amides is 1. The van der Waals surface area contributed by atoms with Gasteiger partial charge in [-0.2, -0.15) is 0 Å². The van der Waals surface area contributed by atoms with Crippen molar-refractivity contribution in [1.29, 1.82) is 0 Å². The number of benzene rings is 2. The first kappa shape index (κ1) is 17.1. The van der Waals surface area contributed by atoms with Gasteiger partial charge in [0.1, 0.15) is 0 Å². The van der Waals surface area contributed by atoms with E-state index < -0.39 is 27.1 Å². The monoisotopic (exact) mass is 359 g/mol. The number of nitro benzene ring substituents is 2. The Bertz CT molecular complexity index is 897. The lowest BCUT2D eigenvalue weighted by molar-refractivity contribution is -0.394. The zero-order valence-electron chi connectivity index (χ0n) is 13.3. The molecule has 10 heteroatoms. The SMILES string of the molecule is O=C(Cc1ccc([N+](=O)[O-])cc1[N+](=O)[O-])NCc1ccc2c(c1)OCO2. The van der Waals surface area contributed by atoms with Gasteiger partial charge in [-0.25, -0.2) is 0 Å². The molecule has 1 aliphatic rings. The Morgan fingerprint density at radius 3 is 2.54 bits per heavy atom. The molecule has 1 N–H and O–H groups in total. The van der Waals surface area contributed by atoms with E-state index in [4.69, 9.17) is 9.47 Å². The average molecular weight is 359 g/mol. The molecule has 0 spiro atoms. The largest absolute Gasteiger partial charge is 0.454 e. The Kier molecular flexibility index (Phi) is 4.65. The first-order valence-corrected chi connectivity index (χ1v) is 7.51. The highest BCUT2D eigenvalue weighted by atomic mass is 16.7. The van der Waals surface area contributed by atoms with Crippen molar-refractivity contribution in [2.24, 2.45) is 0 Å². The lowest BCUT2D eigenvalue weighted by Crippen LogP contribution is -2.24. The Balaban J connectivity index is 1.66. The minimum absolute atomic E-state index is 0.101. The predicted octanol–water partition coefficient (Wildman–Crippen LogP) is 2.09. The minimum atomic E-state index is -0.743. The number of nitrogens with one attached hydrogen (secondary N) is 1. The fourth-order valence-electron chi connectivity index (χ4n) is 2.47. The topological polar surface area (TPSA) is 134 Å². The molecule has 26 heavy (non-hydrogen) atoms. The first-order chi connectivity index (χ1) is 12.4. The number of carbonyl (C=O) groups excluding carboxylic acids is 1. The predicted molar refractivity (Wildman–Crippen MR) is 87.9 cm³/mol. The molecule has 1 amide bonds. The third kappa shape index (κ3) is 3.69. The van der Waals surface area contributed by atoms with E-state index in [0.29, 0.717) is 11.5 Å². The second-order valence-corrected chi connectivity index (χ2v) is 5.47. The van der Waals surface area contributed by atoms with Crippen LogP contribution in [0.3, 0.4) is 0 Å². The van der Waals surface area contributed by atoms with E-state index in [9.17, 15) is 25.0 Å². The molecule has 1 heterocycles. The number of hydrogen-bond donors (Lipinski definition) is 1. The van der Waals surface area contributed by atoms with E-state index in [1.54, 1.807) is 18.2 Å². The van der Waals surface area contributed by atoms with Crippen LogP contribution >= 0.6 is 0 Å². The van der Waals surface area contributed by atoms with Crippen LogP contribution in [-0.2, 0) is 17.8 Å². The van der Waals surface area contributed by atoms with E-state index in [0.717, 1.165) is 17.7 Å². The maximum absolute atomic E-state index is 12.1. The van der Waals surface area contributed by atoms with Crippen LogP contribution in [0.25, 0.3) is 0 Å². The van der Waals surface area contributed by atoms with Crippen molar-refractivity contribution in [2.45, 2.75) is 13.0 Å². The third-order valence-electron chi connectivity index (χ3n) is 3.75. The molecule has 10 nitrogen and oxygen atoms in total. The zero-order chi connectivity index (χ0) is 18.7. The summed E-state index contributed by atoms with van der Waals surface area (Å²) in [5.74, 6) is 0.768. The van der Waals surface area contributed by atoms with E-state index >= 15 is 0 Å². The molecule has 2 aromatic rings. The average Bonchev–Trinajstić information content (AvgIpc) is 3.07. The highest BCUT2D eigenvalue weighted by Gasteiger charge is 2.21. The van der Waals surface area contributed by atoms with Crippen molar-refractivity contribution in [3.05, 3.63) is 67.8 Å². The molecule has 0 fully saturated rings. The summed E-state index contributed by atoms with van der Waals surface area (Å²) >= 11 is 0. The standard InChI is InChI=1S/C16H13N3O7/c20-16(17-8-10-1-4-14-15(5-10)26-9-25-14)6-11-2-3-12(18(21)22)7-13(11)19(23)24/h1-5,7H,6,8-9H2,(H,17,20). The first-order valence-electron chi connectivity index (χ1n) is 7.51. The lowest BCUT2D eigenvalue weighted by Gasteiger charge is -2.07. The van der Waals surface area contributed by atoms with Crippen molar-refractivity contribution in [3.8, 4) is 11.5 Å². The quantitative estimate of drug-likeness (QED) is 0.616. The normalized spacial score (nSPS) is 11.8. The third-order valence-corrected chi connectivity index (χ3v) is 3.75. The number of rotatable bonds is 6. The molecule has 2 aromatic carbocycles. The van der Waals surface area contributed by atoms with Crippen LogP contribution in [0, 0.1) is 20.2 Å². The summed E-state index contributed by atoms with van der Waals surface area (Å²) in [6, 6.07) is 8.42. The van der Waals surface area contributed by atoms with E-state index in [1.807, 2.05) is 0 Å². The summed E-state index contributed by atoms with van der Waals surface area (Å²) in [5.41, 5.74) is 0.0169. The molecule has 0 unspecified atom stereocenters. The second kappa shape index (κ2) is 7.05. The van der Waals surface area contributed by atoms with Gasteiger partial charge < -0.3 is 14.8 Å². The van der Waals surface area contributed by atoms with Crippen LogP contribution < -0.4 is 14.8 Å². The number of ether oxygens (including phenoxy) is 2. The number of hydrogen-bond acceptors (Lipinski definition) is 7. The Labute approximate surface area is 146 Å². The smallest absolute Gasteiger partial charge is 0.279 e. The summed E-state index contributed by atoms with van der Waals surface area (Å²) < 4.78 is 10.4. The van der Waals surface area contributed by atoms with Gasteiger partial charge in [0.15, 0.2) is 11.5 Å². The summed E-state index contributed by atoms with van der Waals surface area (Å²) in [4.78, 5) is 32.4. The van der Waals surface area contributed by atoms with Gasteiger partial charge in [0.2, 0.25) is 12.7 Å². The van der Waals surface area contributed by atoms with Gasteiger partial charge in [-0.3, -0.25) is 25.0 Å². The number of nitro groups is 2. The molecule has 0 atom stereocenters. The van der Waals surface area contributed by atoms with Gasteiger partial charge in [-0.1, -0.05) is 6.07 Å². The van der Waals surface area contributed by atoms with Crippen molar-refractivity contribution in [3.63, 3.8) is 0 Å². The fourth-order valence-corrected chi connectivity index (χ4v) is 2.47. The van der Waals surface area contributed by atoms with Crippen LogP contribution in [0.4, 0.5) is 11.4 Å². The number of carbonyl (C=O) groups is 1. The molecular weight excluding hydrogens is 346 g/mol.